The Hall–Kier alpha value is -2.51. The molecule has 0 aromatic heterocycles. The molecule has 0 radical (unpaired) electrons. The number of carbonyl (C=O) groups excluding carboxylic acids is 1. The Kier molecular flexibility index (Phi) is 7.84. The molecule has 1 aliphatic carbocycles. The van der Waals surface area contributed by atoms with Gasteiger partial charge in [0.05, 0.1) is 17.5 Å². The number of methoxy groups -OCH3 is 1. The molecule has 8 heteroatoms. The lowest BCUT2D eigenvalue weighted by molar-refractivity contribution is 0.0282. The van der Waals surface area contributed by atoms with Crippen molar-refractivity contribution < 1.29 is 22.7 Å². The van der Waals surface area contributed by atoms with Gasteiger partial charge in [-0.2, -0.15) is 4.31 Å². The van der Waals surface area contributed by atoms with Gasteiger partial charge in [-0.05, 0) is 94.7 Å². The Labute approximate surface area is 226 Å². The molecule has 2 atom stereocenters. The number of carbonyl (C=O) groups is 1. The van der Waals surface area contributed by atoms with Crippen molar-refractivity contribution in [3.63, 3.8) is 0 Å². The summed E-state index contributed by atoms with van der Waals surface area (Å²) in [6.45, 7) is 14.5. The van der Waals surface area contributed by atoms with E-state index in [9.17, 15) is 13.2 Å². The highest BCUT2D eigenvalue weighted by molar-refractivity contribution is 7.89. The fraction of sp³-hybridized carbons (Fsp3) is 0.483. The van der Waals surface area contributed by atoms with Crippen LogP contribution in [-0.4, -0.2) is 37.1 Å². The van der Waals surface area contributed by atoms with Crippen molar-refractivity contribution in [2.45, 2.75) is 77.3 Å². The van der Waals surface area contributed by atoms with E-state index in [1.807, 2.05) is 30.3 Å². The average molecular weight is 548 g/mol. The maximum Gasteiger partial charge on any atom is 0.424 e. The van der Waals surface area contributed by atoms with Crippen molar-refractivity contribution in [3.8, 4) is 5.75 Å². The number of benzene rings is 2. The Balaban J connectivity index is 1.86. The Morgan fingerprint density at radius 2 is 1.62 bits per heavy atom. The highest BCUT2D eigenvalue weighted by atomic mass is 35.5. The predicted molar refractivity (Wildman–Crippen MR) is 149 cm³/mol. The molecule has 0 unspecified atom stereocenters. The molecule has 0 aliphatic heterocycles. The molecular weight excluding hydrogens is 510 g/mol. The second-order valence-corrected chi connectivity index (χ2v) is 14.3. The zero-order chi connectivity index (χ0) is 28.0. The smallest absolute Gasteiger partial charge is 0.424 e. The fourth-order valence-electron chi connectivity index (χ4n) is 4.70. The number of hydrogen-bond acceptors (Lipinski definition) is 5. The van der Waals surface area contributed by atoms with Crippen molar-refractivity contribution in [1.29, 1.82) is 0 Å². The van der Waals surface area contributed by atoms with Gasteiger partial charge in [-0.15, -0.1) is 0 Å². The van der Waals surface area contributed by atoms with E-state index in [0.29, 0.717) is 5.02 Å². The molecule has 1 saturated carbocycles. The summed E-state index contributed by atoms with van der Waals surface area (Å²) in [6.07, 6.45) is 3.29. The fourth-order valence-corrected chi connectivity index (χ4v) is 6.53. The lowest BCUT2D eigenvalue weighted by Crippen LogP contribution is -2.51. The summed E-state index contributed by atoms with van der Waals surface area (Å²) in [7, 11) is -2.51. The zero-order valence-corrected chi connectivity index (χ0v) is 24.7. The molecule has 37 heavy (non-hydrogen) atoms. The standard InChI is InChI=1S/C29H38ClNO5S/c1-27(2,3)31(26(32)36-28(4,5)6)37(33,34)22-14-10-19(11-15-22)25-23(29(25,7)8)16-12-20-18-21(30)13-17-24(20)35-9/h10-18,23,25H,1-9H3/b16-12+/t23-,25-/m0/s1. The van der Waals surface area contributed by atoms with Crippen LogP contribution in [0.4, 0.5) is 4.79 Å². The number of hydrogen-bond donors (Lipinski definition) is 0. The second-order valence-electron chi connectivity index (χ2n) is 12.1. The Morgan fingerprint density at radius 1 is 1.03 bits per heavy atom. The maximum atomic E-state index is 13.5. The van der Waals surface area contributed by atoms with E-state index in [2.05, 4.69) is 19.9 Å². The largest absolute Gasteiger partial charge is 0.496 e. The first-order valence-electron chi connectivity index (χ1n) is 12.3. The highest BCUT2D eigenvalue weighted by Gasteiger charge is 2.56. The maximum absolute atomic E-state index is 13.5. The van der Waals surface area contributed by atoms with Gasteiger partial charge in [-0.1, -0.05) is 49.7 Å². The third-order valence-electron chi connectivity index (χ3n) is 6.53. The molecule has 0 heterocycles. The van der Waals surface area contributed by atoms with E-state index in [0.717, 1.165) is 21.2 Å². The van der Waals surface area contributed by atoms with Gasteiger partial charge in [-0.3, -0.25) is 0 Å². The lowest BCUT2D eigenvalue weighted by atomic mass is 10.0. The monoisotopic (exact) mass is 547 g/mol. The third kappa shape index (κ3) is 6.32. The summed E-state index contributed by atoms with van der Waals surface area (Å²) >= 11 is 6.17. The van der Waals surface area contributed by atoms with Crippen molar-refractivity contribution in [3.05, 3.63) is 64.7 Å². The zero-order valence-electron chi connectivity index (χ0n) is 23.1. The van der Waals surface area contributed by atoms with Gasteiger partial charge in [0.15, 0.2) is 0 Å². The van der Waals surface area contributed by atoms with Crippen LogP contribution in [0.1, 0.15) is 72.4 Å². The Bertz CT molecular complexity index is 1290. The van der Waals surface area contributed by atoms with Gasteiger partial charge in [0.2, 0.25) is 0 Å². The van der Waals surface area contributed by atoms with Crippen LogP contribution in [0.15, 0.2) is 53.4 Å². The molecular formula is C29H38ClNO5S. The summed E-state index contributed by atoms with van der Waals surface area (Å²) in [6, 6.07) is 12.3. The summed E-state index contributed by atoms with van der Waals surface area (Å²) in [4.78, 5) is 12.9. The van der Waals surface area contributed by atoms with E-state index in [-0.39, 0.29) is 22.1 Å². The van der Waals surface area contributed by atoms with Crippen LogP contribution in [0.25, 0.3) is 6.08 Å². The number of ether oxygens (including phenoxy) is 2. The minimum atomic E-state index is -4.13. The van der Waals surface area contributed by atoms with Gasteiger partial charge in [0.1, 0.15) is 11.4 Å². The van der Waals surface area contributed by atoms with Crippen LogP contribution < -0.4 is 4.74 Å². The van der Waals surface area contributed by atoms with E-state index in [1.165, 1.54) is 0 Å². The summed E-state index contributed by atoms with van der Waals surface area (Å²) in [5.74, 6) is 1.22. The molecule has 6 nitrogen and oxygen atoms in total. The molecule has 2 aromatic rings. The first-order valence-corrected chi connectivity index (χ1v) is 14.1. The molecule has 3 rings (SSSR count). The van der Waals surface area contributed by atoms with E-state index >= 15 is 0 Å². The molecule has 1 amide bonds. The lowest BCUT2D eigenvalue weighted by Gasteiger charge is -2.35. The normalized spacial score (nSPS) is 19.5. The van der Waals surface area contributed by atoms with Crippen LogP contribution in [0.3, 0.4) is 0 Å². The minimum Gasteiger partial charge on any atom is -0.496 e. The van der Waals surface area contributed by atoms with E-state index in [4.69, 9.17) is 21.1 Å². The van der Waals surface area contributed by atoms with Crippen molar-refractivity contribution in [2.24, 2.45) is 11.3 Å². The topological polar surface area (TPSA) is 72.9 Å². The van der Waals surface area contributed by atoms with E-state index in [1.54, 1.807) is 66.9 Å². The molecule has 0 bridgehead atoms. The first-order chi connectivity index (χ1) is 16.9. The van der Waals surface area contributed by atoms with Crippen LogP contribution in [-0.2, 0) is 14.8 Å². The van der Waals surface area contributed by atoms with Crippen molar-refractivity contribution >= 4 is 33.8 Å². The second kappa shape index (κ2) is 9.99. The van der Waals surface area contributed by atoms with Gasteiger partial charge in [0.25, 0.3) is 10.0 Å². The highest BCUT2D eigenvalue weighted by Crippen LogP contribution is 2.65. The molecule has 0 N–H and O–H groups in total. The number of amides is 1. The summed E-state index contributed by atoms with van der Waals surface area (Å²) in [5.41, 5.74) is 0.111. The van der Waals surface area contributed by atoms with Crippen molar-refractivity contribution in [1.82, 2.24) is 4.31 Å². The quantitative estimate of drug-likeness (QED) is 0.374. The number of rotatable bonds is 6. The molecule has 0 spiro atoms. The third-order valence-corrected chi connectivity index (χ3v) is 8.81. The summed E-state index contributed by atoms with van der Waals surface area (Å²) < 4.78 is 38.8. The van der Waals surface area contributed by atoms with Crippen LogP contribution >= 0.6 is 11.6 Å². The summed E-state index contributed by atoms with van der Waals surface area (Å²) in [5, 5.41) is 0.638. The number of sulfonamides is 1. The number of halogens is 1. The number of nitrogens with zero attached hydrogens (tertiary/aromatic N) is 1. The molecule has 1 fully saturated rings. The molecule has 0 saturated heterocycles. The molecule has 202 valence electrons. The van der Waals surface area contributed by atoms with Crippen LogP contribution in [0, 0.1) is 11.3 Å². The van der Waals surface area contributed by atoms with E-state index < -0.39 is 27.3 Å². The van der Waals surface area contributed by atoms with Gasteiger partial charge >= 0.3 is 6.09 Å². The Morgan fingerprint density at radius 3 is 2.14 bits per heavy atom. The predicted octanol–water partition coefficient (Wildman–Crippen LogP) is 7.53. The minimum absolute atomic E-state index is 0.00331. The average Bonchev–Trinajstić information content (AvgIpc) is 3.29. The van der Waals surface area contributed by atoms with Crippen molar-refractivity contribution in [2.75, 3.05) is 7.11 Å². The SMILES string of the molecule is COc1ccc(Cl)cc1/C=C/[C@H]1[C@H](c2ccc(S(=O)(=O)N(C(=O)OC(C)(C)C)C(C)(C)C)cc2)C1(C)C. The van der Waals surface area contributed by atoms with Gasteiger partial charge < -0.3 is 9.47 Å². The molecule has 2 aromatic carbocycles. The molecule has 1 aliphatic rings. The van der Waals surface area contributed by atoms with Crippen LogP contribution in [0.2, 0.25) is 5.02 Å². The van der Waals surface area contributed by atoms with Gasteiger partial charge in [-0.25, -0.2) is 13.2 Å². The van der Waals surface area contributed by atoms with Crippen LogP contribution in [0.5, 0.6) is 5.75 Å². The number of allylic oxidation sites excluding steroid dienone is 1. The van der Waals surface area contributed by atoms with Gasteiger partial charge in [0, 0.05) is 10.6 Å². The first kappa shape index (κ1) is 29.1.